The lowest BCUT2D eigenvalue weighted by Crippen LogP contribution is -2.44. The van der Waals surface area contributed by atoms with Gasteiger partial charge in [0.05, 0.1) is 25.0 Å². The highest BCUT2D eigenvalue weighted by molar-refractivity contribution is 5.80. The van der Waals surface area contributed by atoms with Gasteiger partial charge in [0.2, 0.25) is 5.88 Å². The number of methoxy groups -OCH3 is 1. The summed E-state index contributed by atoms with van der Waals surface area (Å²) in [5.74, 6) is 0.130. The van der Waals surface area contributed by atoms with Crippen molar-refractivity contribution in [2.75, 3.05) is 31.6 Å². The molecule has 1 aliphatic heterocycles. The summed E-state index contributed by atoms with van der Waals surface area (Å²) in [5.41, 5.74) is 1.23. The number of aliphatic imine (C=N–C) groups is 1. The molecule has 2 aromatic rings. The minimum absolute atomic E-state index is 0.112. The topological polar surface area (TPSA) is 61.8 Å². The summed E-state index contributed by atoms with van der Waals surface area (Å²) < 4.78 is 32.3. The minimum atomic E-state index is -0.567. The van der Waals surface area contributed by atoms with Crippen molar-refractivity contribution in [3.63, 3.8) is 0 Å². The van der Waals surface area contributed by atoms with Crippen molar-refractivity contribution in [1.82, 2.24) is 15.6 Å². The molecule has 2 heterocycles. The zero-order valence-corrected chi connectivity index (χ0v) is 16.1. The van der Waals surface area contributed by atoms with Crippen molar-refractivity contribution in [2.45, 2.75) is 25.9 Å². The number of nitrogens with one attached hydrogen (secondary N) is 2. The van der Waals surface area contributed by atoms with Crippen LogP contribution in [0.2, 0.25) is 0 Å². The van der Waals surface area contributed by atoms with E-state index in [0.717, 1.165) is 24.7 Å². The fourth-order valence-corrected chi connectivity index (χ4v) is 3.17. The molecule has 3 rings (SSSR count). The van der Waals surface area contributed by atoms with Crippen molar-refractivity contribution < 1.29 is 13.5 Å². The third-order valence-electron chi connectivity index (χ3n) is 4.51. The highest BCUT2D eigenvalue weighted by Crippen LogP contribution is 2.24. The number of anilines is 1. The highest BCUT2D eigenvalue weighted by atomic mass is 19.1. The zero-order chi connectivity index (χ0) is 19.9. The fourth-order valence-electron chi connectivity index (χ4n) is 3.17. The highest BCUT2D eigenvalue weighted by Gasteiger charge is 2.25. The third-order valence-corrected chi connectivity index (χ3v) is 4.51. The molecule has 1 atom stereocenters. The normalized spacial score (nSPS) is 16.9. The predicted molar refractivity (Wildman–Crippen MR) is 106 cm³/mol. The van der Waals surface area contributed by atoms with Crippen LogP contribution in [0.1, 0.15) is 19.0 Å². The number of benzene rings is 1. The number of rotatable bonds is 6. The Morgan fingerprint density at radius 2 is 2.18 bits per heavy atom. The number of nitrogens with zero attached hydrogens (tertiary/aromatic N) is 3. The van der Waals surface area contributed by atoms with Gasteiger partial charge in [-0.25, -0.2) is 18.8 Å². The second-order valence-corrected chi connectivity index (χ2v) is 6.54. The maximum Gasteiger partial charge on any atom is 0.213 e. The maximum absolute atomic E-state index is 14.0. The van der Waals surface area contributed by atoms with E-state index in [1.54, 1.807) is 13.2 Å². The summed E-state index contributed by atoms with van der Waals surface area (Å²) in [6.07, 6.45) is 0.832. The first kappa shape index (κ1) is 19.9. The van der Waals surface area contributed by atoms with Gasteiger partial charge >= 0.3 is 0 Å². The first-order chi connectivity index (χ1) is 13.6. The molecular formula is C20H25F2N5O. The smallest absolute Gasteiger partial charge is 0.213 e. The average Bonchev–Trinajstić information content (AvgIpc) is 3.14. The number of ether oxygens (including phenoxy) is 1. The number of guanidine groups is 1. The van der Waals surface area contributed by atoms with Gasteiger partial charge in [0.15, 0.2) is 5.96 Å². The molecule has 2 N–H and O–H groups in total. The molecule has 1 fully saturated rings. The Morgan fingerprint density at radius 3 is 2.93 bits per heavy atom. The lowest BCUT2D eigenvalue weighted by molar-refractivity contribution is 0.396. The summed E-state index contributed by atoms with van der Waals surface area (Å²) in [6.45, 7) is 4.44. The molecule has 0 amide bonds. The van der Waals surface area contributed by atoms with E-state index in [0.29, 0.717) is 37.2 Å². The van der Waals surface area contributed by atoms with Gasteiger partial charge < -0.3 is 20.3 Å². The summed E-state index contributed by atoms with van der Waals surface area (Å²) in [6, 6.07) is 9.36. The Labute approximate surface area is 163 Å². The average molecular weight is 389 g/mol. The van der Waals surface area contributed by atoms with Crippen LogP contribution in [0.25, 0.3) is 0 Å². The van der Waals surface area contributed by atoms with Crippen LogP contribution in [0.5, 0.6) is 5.88 Å². The van der Waals surface area contributed by atoms with E-state index >= 15 is 0 Å². The van der Waals surface area contributed by atoms with E-state index in [1.165, 1.54) is 12.1 Å². The Balaban J connectivity index is 1.62. The molecule has 28 heavy (non-hydrogen) atoms. The van der Waals surface area contributed by atoms with Crippen molar-refractivity contribution >= 4 is 11.6 Å². The number of halogens is 2. The molecule has 0 spiro atoms. The first-order valence-electron chi connectivity index (χ1n) is 9.33. The predicted octanol–water partition coefficient (Wildman–Crippen LogP) is 2.70. The molecule has 0 bridgehead atoms. The second-order valence-electron chi connectivity index (χ2n) is 6.54. The standard InChI is InChI=1S/C20H25F2N5O/c1-3-23-20(24-12-15-5-4-6-19(25-15)28-2)26-16-9-10-27(13-16)18-8-7-14(21)11-17(18)22/h4-8,11,16H,3,9-10,12-13H2,1-2H3,(H2,23,24,26). The lowest BCUT2D eigenvalue weighted by atomic mass is 10.2. The Bertz CT molecular complexity index is 830. The van der Waals surface area contributed by atoms with Crippen LogP contribution in [0.3, 0.4) is 0 Å². The van der Waals surface area contributed by atoms with Gasteiger partial charge in [0.1, 0.15) is 11.6 Å². The Morgan fingerprint density at radius 1 is 1.32 bits per heavy atom. The first-order valence-corrected chi connectivity index (χ1v) is 9.33. The van der Waals surface area contributed by atoms with Crippen molar-refractivity contribution in [1.29, 1.82) is 0 Å². The monoisotopic (exact) mass is 389 g/mol. The van der Waals surface area contributed by atoms with Gasteiger partial charge in [-0.15, -0.1) is 0 Å². The van der Waals surface area contributed by atoms with Gasteiger partial charge in [0, 0.05) is 37.8 Å². The van der Waals surface area contributed by atoms with Gasteiger partial charge in [-0.3, -0.25) is 0 Å². The number of hydrogen-bond donors (Lipinski definition) is 2. The number of pyridine rings is 1. The molecule has 150 valence electrons. The Hall–Kier alpha value is -2.90. The van der Waals surface area contributed by atoms with E-state index in [4.69, 9.17) is 4.74 Å². The Kier molecular flexibility index (Phi) is 6.62. The molecule has 1 unspecified atom stereocenters. The van der Waals surface area contributed by atoms with Crippen molar-refractivity contribution in [2.24, 2.45) is 4.99 Å². The maximum atomic E-state index is 14.0. The van der Waals surface area contributed by atoms with E-state index in [-0.39, 0.29) is 6.04 Å². The van der Waals surface area contributed by atoms with Gasteiger partial charge in [-0.1, -0.05) is 6.07 Å². The van der Waals surface area contributed by atoms with E-state index in [9.17, 15) is 8.78 Å². The summed E-state index contributed by atoms with van der Waals surface area (Å²) >= 11 is 0. The zero-order valence-electron chi connectivity index (χ0n) is 16.1. The van der Waals surface area contributed by atoms with Crippen LogP contribution in [0.15, 0.2) is 41.4 Å². The molecule has 0 saturated carbocycles. The minimum Gasteiger partial charge on any atom is -0.481 e. The summed E-state index contributed by atoms with van der Waals surface area (Å²) in [4.78, 5) is 10.9. The molecule has 0 aliphatic carbocycles. The third kappa shape index (κ3) is 5.09. The molecule has 8 heteroatoms. The van der Waals surface area contributed by atoms with Crippen LogP contribution in [-0.4, -0.2) is 43.7 Å². The SMILES string of the molecule is CCNC(=NCc1cccc(OC)n1)NC1CCN(c2ccc(F)cc2F)C1. The lowest BCUT2D eigenvalue weighted by Gasteiger charge is -2.21. The molecule has 1 aromatic heterocycles. The van der Waals surface area contributed by atoms with E-state index in [2.05, 4.69) is 20.6 Å². The largest absolute Gasteiger partial charge is 0.481 e. The fraction of sp³-hybridized carbons (Fsp3) is 0.400. The van der Waals surface area contributed by atoms with Crippen LogP contribution in [0.4, 0.5) is 14.5 Å². The van der Waals surface area contributed by atoms with Crippen LogP contribution in [0, 0.1) is 11.6 Å². The van der Waals surface area contributed by atoms with Crippen LogP contribution < -0.4 is 20.3 Å². The quantitative estimate of drug-likeness (QED) is 0.588. The van der Waals surface area contributed by atoms with Crippen molar-refractivity contribution in [3.8, 4) is 5.88 Å². The number of hydrogen-bond acceptors (Lipinski definition) is 4. The summed E-state index contributed by atoms with van der Waals surface area (Å²) in [5, 5.41) is 6.61. The van der Waals surface area contributed by atoms with Crippen molar-refractivity contribution in [3.05, 3.63) is 53.7 Å². The second kappa shape index (κ2) is 9.34. The van der Waals surface area contributed by atoms with E-state index < -0.39 is 11.6 Å². The van der Waals surface area contributed by atoms with Gasteiger partial charge in [-0.05, 0) is 31.5 Å². The van der Waals surface area contributed by atoms with Gasteiger partial charge in [0.25, 0.3) is 0 Å². The van der Waals surface area contributed by atoms with Gasteiger partial charge in [-0.2, -0.15) is 0 Å². The molecule has 0 radical (unpaired) electrons. The van der Waals surface area contributed by atoms with Crippen LogP contribution >= 0.6 is 0 Å². The molecular weight excluding hydrogens is 364 g/mol. The molecule has 6 nitrogen and oxygen atoms in total. The molecule has 1 aliphatic rings. The molecule has 1 saturated heterocycles. The van der Waals surface area contributed by atoms with E-state index in [1.807, 2.05) is 24.0 Å². The van der Waals surface area contributed by atoms with Crippen LogP contribution in [-0.2, 0) is 6.54 Å². The molecule has 1 aromatic carbocycles. The number of aromatic nitrogens is 1. The summed E-state index contributed by atoms with van der Waals surface area (Å²) in [7, 11) is 1.58.